The highest BCUT2D eigenvalue weighted by Crippen LogP contribution is 2.25. The standard InChI is InChI=1S/C14H14N2O3/c1-9(17)10-3-2-4-11(7-10)14-15-13(16-19-14)12-5-6-18-8-12/h2-4,7,12H,5-6,8H2,1H3/t12-/m1/s1. The molecule has 0 bridgehead atoms. The SMILES string of the molecule is CC(=O)c1cccc(-c2nc([C@@H]3CCOC3)no2)c1. The first-order valence-electron chi connectivity index (χ1n) is 6.27. The van der Waals surface area contributed by atoms with Gasteiger partial charge in [-0.15, -0.1) is 0 Å². The zero-order valence-corrected chi connectivity index (χ0v) is 10.6. The molecule has 0 saturated carbocycles. The fraction of sp³-hybridized carbons (Fsp3) is 0.357. The van der Waals surface area contributed by atoms with Gasteiger partial charge in [0.05, 0.1) is 6.61 Å². The summed E-state index contributed by atoms with van der Waals surface area (Å²) >= 11 is 0. The molecule has 0 radical (unpaired) electrons. The summed E-state index contributed by atoms with van der Waals surface area (Å²) in [6.45, 7) is 2.93. The highest BCUT2D eigenvalue weighted by molar-refractivity contribution is 5.95. The first-order chi connectivity index (χ1) is 9.24. The molecule has 19 heavy (non-hydrogen) atoms. The molecule has 0 amide bonds. The van der Waals surface area contributed by atoms with Gasteiger partial charge < -0.3 is 9.26 Å². The van der Waals surface area contributed by atoms with Crippen LogP contribution in [-0.2, 0) is 4.74 Å². The smallest absolute Gasteiger partial charge is 0.257 e. The Hall–Kier alpha value is -2.01. The molecule has 1 atom stereocenters. The molecule has 0 spiro atoms. The van der Waals surface area contributed by atoms with Crippen LogP contribution in [0.1, 0.15) is 35.4 Å². The maximum atomic E-state index is 11.4. The van der Waals surface area contributed by atoms with Gasteiger partial charge in [-0.1, -0.05) is 17.3 Å². The van der Waals surface area contributed by atoms with Crippen molar-refractivity contribution >= 4 is 5.78 Å². The molecule has 1 aromatic heterocycles. The molecular weight excluding hydrogens is 244 g/mol. The largest absolute Gasteiger partial charge is 0.381 e. The zero-order chi connectivity index (χ0) is 13.2. The van der Waals surface area contributed by atoms with Gasteiger partial charge in [-0.25, -0.2) is 0 Å². The third-order valence-electron chi connectivity index (χ3n) is 3.25. The first-order valence-corrected chi connectivity index (χ1v) is 6.27. The fourth-order valence-electron chi connectivity index (χ4n) is 2.13. The van der Waals surface area contributed by atoms with E-state index in [0.717, 1.165) is 18.6 Å². The van der Waals surface area contributed by atoms with Gasteiger partial charge in [0, 0.05) is 23.7 Å². The second kappa shape index (κ2) is 4.93. The molecule has 1 aromatic carbocycles. The van der Waals surface area contributed by atoms with Crippen LogP contribution in [0.5, 0.6) is 0 Å². The lowest BCUT2D eigenvalue weighted by atomic mass is 10.1. The van der Waals surface area contributed by atoms with E-state index in [0.29, 0.717) is 23.9 Å². The van der Waals surface area contributed by atoms with Crippen molar-refractivity contribution in [2.75, 3.05) is 13.2 Å². The summed E-state index contributed by atoms with van der Waals surface area (Å²) in [7, 11) is 0. The van der Waals surface area contributed by atoms with Gasteiger partial charge in [-0.2, -0.15) is 4.98 Å². The van der Waals surface area contributed by atoms with E-state index in [1.165, 1.54) is 6.92 Å². The molecule has 98 valence electrons. The van der Waals surface area contributed by atoms with Crippen LogP contribution in [0, 0.1) is 0 Å². The molecule has 5 nitrogen and oxygen atoms in total. The van der Waals surface area contributed by atoms with E-state index in [1.807, 2.05) is 12.1 Å². The molecule has 1 aliphatic rings. The minimum Gasteiger partial charge on any atom is -0.381 e. The summed E-state index contributed by atoms with van der Waals surface area (Å²) in [5.41, 5.74) is 1.41. The Bertz CT molecular complexity index is 600. The number of ether oxygens (including phenoxy) is 1. The lowest BCUT2D eigenvalue weighted by Crippen LogP contribution is -1.99. The summed E-state index contributed by atoms with van der Waals surface area (Å²) < 4.78 is 10.6. The zero-order valence-electron chi connectivity index (χ0n) is 10.6. The third-order valence-corrected chi connectivity index (χ3v) is 3.25. The molecule has 0 aliphatic carbocycles. The first kappa shape index (κ1) is 12.0. The highest BCUT2D eigenvalue weighted by Gasteiger charge is 2.23. The van der Waals surface area contributed by atoms with E-state index in [4.69, 9.17) is 9.26 Å². The molecule has 0 N–H and O–H groups in total. The van der Waals surface area contributed by atoms with Gasteiger partial charge in [0.1, 0.15) is 0 Å². The van der Waals surface area contributed by atoms with Crippen LogP contribution in [0.15, 0.2) is 28.8 Å². The van der Waals surface area contributed by atoms with Crippen LogP contribution in [0.2, 0.25) is 0 Å². The summed E-state index contributed by atoms with van der Waals surface area (Å²) in [5, 5.41) is 4.00. The van der Waals surface area contributed by atoms with E-state index in [1.54, 1.807) is 12.1 Å². The van der Waals surface area contributed by atoms with Crippen molar-refractivity contribution in [3.05, 3.63) is 35.7 Å². The maximum absolute atomic E-state index is 11.4. The van der Waals surface area contributed by atoms with Crippen LogP contribution in [0.4, 0.5) is 0 Å². The number of hydrogen-bond acceptors (Lipinski definition) is 5. The van der Waals surface area contributed by atoms with E-state index in [9.17, 15) is 4.79 Å². The predicted octanol–water partition coefficient (Wildman–Crippen LogP) is 2.44. The third kappa shape index (κ3) is 2.42. The molecule has 1 fully saturated rings. The Morgan fingerprint density at radius 2 is 2.32 bits per heavy atom. The number of carbonyl (C=O) groups excluding carboxylic acids is 1. The lowest BCUT2D eigenvalue weighted by molar-refractivity contribution is 0.101. The van der Waals surface area contributed by atoms with Crippen LogP contribution in [0.25, 0.3) is 11.5 Å². The normalized spacial score (nSPS) is 18.7. The Morgan fingerprint density at radius 1 is 1.42 bits per heavy atom. The number of aromatic nitrogens is 2. The number of rotatable bonds is 3. The second-order valence-corrected chi connectivity index (χ2v) is 4.66. The predicted molar refractivity (Wildman–Crippen MR) is 67.9 cm³/mol. The molecular formula is C14H14N2O3. The Labute approximate surface area is 110 Å². The van der Waals surface area contributed by atoms with Crippen molar-refractivity contribution in [2.45, 2.75) is 19.3 Å². The van der Waals surface area contributed by atoms with Gasteiger partial charge in [0.25, 0.3) is 5.89 Å². The van der Waals surface area contributed by atoms with E-state index in [2.05, 4.69) is 10.1 Å². The fourth-order valence-corrected chi connectivity index (χ4v) is 2.13. The Balaban J connectivity index is 1.89. The van der Waals surface area contributed by atoms with E-state index in [-0.39, 0.29) is 11.7 Å². The van der Waals surface area contributed by atoms with E-state index >= 15 is 0 Å². The van der Waals surface area contributed by atoms with Crippen molar-refractivity contribution in [1.82, 2.24) is 10.1 Å². The lowest BCUT2D eigenvalue weighted by Gasteiger charge is -1.99. The number of carbonyl (C=O) groups is 1. The quantitative estimate of drug-likeness (QED) is 0.791. The van der Waals surface area contributed by atoms with E-state index < -0.39 is 0 Å². The summed E-state index contributed by atoms with van der Waals surface area (Å²) in [5.74, 6) is 1.37. The van der Waals surface area contributed by atoms with Crippen molar-refractivity contribution in [1.29, 1.82) is 0 Å². The number of hydrogen-bond donors (Lipinski definition) is 0. The van der Waals surface area contributed by atoms with Crippen LogP contribution in [0.3, 0.4) is 0 Å². The average Bonchev–Trinajstić information content (AvgIpc) is 3.09. The van der Waals surface area contributed by atoms with Crippen molar-refractivity contribution in [3.8, 4) is 11.5 Å². The summed E-state index contributed by atoms with van der Waals surface area (Å²) in [6.07, 6.45) is 0.923. The molecule has 5 heteroatoms. The number of Topliss-reactive ketones (excluding diaryl/α,β-unsaturated/α-hetero) is 1. The van der Waals surface area contributed by atoms with Gasteiger partial charge in [-0.05, 0) is 25.5 Å². The maximum Gasteiger partial charge on any atom is 0.257 e. The van der Waals surface area contributed by atoms with Crippen molar-refractivity contribution in [3.63, 3.8) is 0 Å². The number of ketones is 1. The Kier molecular flexibility index (Phi) is 3.13. The molecule has 1 saturated heterocycles. The van der Waals surface area contributed by atoms with Crippen LogP contribution in [-0.4, -0.2) is 29.1 Å². The van der Waals surface area contributed by atoms with Crippen LogP contribution >= 0.6 is 0 Å². The average molecular weight is 258 g/mol. The summed E-state index contributed by atoms with van der Waals surface area (Å²) in [6, 6.07) is 7.21. The summed E-state index contributed by atoms with van der Waals surface area (Å²) in [4.78, 5) is 15.8. The van der Waals surface area contributed by atoms with Crippen LogP contribution < -0.4 is 0 Å². The Morgan fingerprint density at radius 3 is 3.05 bits per heavy atom. The number of benzene rings is 1. The van der Waals surface area contributed by atoms with Gasteiger partial charge >= 0.3 is 0 Å². The topological polar surface area (TPSA) is 65.2 Å². The molecule has 0 unspecified atom stereocenters. The highest BCUT2D eigenvalue weighted by atomic mass is 16.5. The minimum absolute atomic E-state index is 0.0192. The molecule has 2 aromatic rings. The van der Waals surface area contributed by atoms with Gasteiger partial charge in [-0.3, -0.25) is 4.79 Å². The molecule has 1 aliphatic heterocycles. The van der Waals surface area contributed by atoms with Crippen molar-refractivity contribution < 1.29 is 14.1 Å². The van der Waals surface area contributed by atoms with Crippen molar-refractivity contribution in [2.24, 2.45) is 0 Å². The van der Waals surface area contributed by atoms with Gasteiger partial charge in [0.2, 0.25) is 0 Å². The monoisotopic (exact) mass is 258 g/mol. The molecule has 3 rings (SSSR count). The second-order valence-electron chi connectivity index (χ2n) is 4.66. The van der Waals surface area contributed by atoms with Gasteiger partial charge in [0.15, 0.2) is 11.6 Å². The minimum atomic E-state index is 0.0192. The number of nitrogens with zero attached hydrogens (tertiary/aromatic N) is 2. The molecule has 2 heterocycles.